The first-order valence-corrected chi connectivity index (χ1v) is 16.1. The number of nitrogens with zero attached hydrogens (tertiary/aromatic N) is 4. The van der Waals surface area contributed by atoms with Gasteiger partial charge in [-0.05, 0) is 44.7 Å². The average Bonchev–Trinajstić information content (AvgIpc) is 3.57. The first kappa shape index (κ1) is 35.8. The summed E-state index contributed by atoms with van der Waals surface area (Å²) in [6.07, 6.45) is 0.786. The number of piperazine rings is 1. The molecule has 0 unspecified atom stereocenters. The highest BCUT2D eigenvalue weighted by Crippen LogP contribution is 2.27. The van der Waals surface area contributed by atoms with Gasteiger partial charge < -0.3 is 39.9 Å². The second kappa shape index (κ2) is 16.7. The Kier molecular flexibility index (Phi) is 12.5. The van der Waals surface area contributed by atoms with Gasteiger partial charge in [-0.1, -0.05) is 6.92 Å². The molecule has 2 fully saturated rings. The van der Waals surface area contributed by atoms with Crippen LogP contribution in [-0.4, -0.2) is 125 Å². The van der Waals surface area contributed by atoms with Crippen molar-refractivity contribution in [3.8, 4) is 5.75 Å². The van der Waals surface area contributed by atoms with Crippen molar-refractivity contribution < 1.29 is 47.7 Å². The molecule has 2 saturated heterocycles. The molecule has 4 rings (SSSR count). The van der Waals surface area contributed by atoms with Gasteiger partial charge >= 0.3 is 12.1 Å². The molecule has 1 aromatic carbocycles. The van der Waals surface area contributed by atoms with Crippen molar-refractivity contribution in [2.24, 2.45) is 0 Å². The number of carboxylic acid groups (broad SMARTS) is 1. The molecule has 2 atom stereocenters. The molecule has 3 heterocycles. The van der Waals surface area contributed by atoms with E-state index in [2.05, 4.69) is 15.6 Å². The van der Waals surface area contributed by atoms with Crippen LogP contribution in [0.5, 0.6) is 5.75 Å². The largest absolute Gasteiger partial charge is 0.483 e. The molecule has 0 spiro atoms. The van der Waals surface area contributed by atoms with Crippen molar-refractivity contribution in [2.45, 2.75) is 58.0 Å². The molecular weight excluding hydrogens is 631 g/mol. The minimum Gasteiger partial charge on any atom is -0.483 e. The van der Waals surface area contributed by atoms with Gasteiger partial charge in [0.2, 0.25) is 11.8 Å². The molecule has 2 aromatic rings. The maximum atomic E-state index is 14.2. The van der Waals surface area contributed by atoms with Crippen LogP contribution in [-0.2, 0) is 23.9 Å². The summed E-state index contributed by atoms with van der Waals surface area (Å²) in [6, 6.07) is 3.05. The standard InChI is InChI=1S/C32H41FN6O9/c1-3-11-34-30(44)25-6-5-12-39(25)27(40)19-48-26-18-24(35-23-17-20(33)7-8-21(23)26)29(43)36-22(9-10-28(41)42)31(45)37-13-15-38(16-14-37)32(46)47-4-2/h7-8,17-18,22,25H,3-6,9-16,19H2,1-2H3,(H,34,44)(H,36,43)(H,41,42)/t22-,25-/m0/s1. The number of likely N-dealkylation sites (tertiary alicyclic amines) is 1. The number of benzene rings is 1. The predicted molar refractivity (Wildman–Crippen MR) is 169 cm³/mol. The second-order valence-electron chi connectivity index (χ2n) is 11.5. The maximum absolute atomic E-state index is 14.2. The van der Waals surface area contributed by atoms with Crippen LogP contribution in [0.1, 0.15) is 56.4 Å². The van der Waals surface area contributed by atoms with Crippen LogP contribution in [0.25, 0.3) is 10.9 Å². The highest BCUT2D eigenvalue weighted by molar-refractivity contribution is 5.99. The zero-order chi connectivity index (χ0) is 34.8. The minimum atomic E-state index is -1.25. The number of hydrogen-bond acceptors (Lipinski definition) is 9. The molecule has 2 aliphatic heterocycles. The number of aromatic nitrogens is 1. The molecule has 5 amide bonds. The van der Waals surface area contributed by atoms with E-state index in [9.17, 15) is 38.3 Å². The van der Waals surface area contributed by atoms with Crippen LogP contribution < -0.4 is 15.4 Å². The van der Waals surface area contributed by atoms with Crippen LogP contribution in [0.2, 0.25) is 0 Å². The van der Waals surface area contributed by atoms with E-state index in [1.54, 1.807) is 6.92 Å². The van der Waals surface area contributed by atoms with Gasteiger partial charge in [0.1, 0.15) is 29.3 Å². The van der Waals surface area contributed by atoms with Crippen LogP contribution in [0.3, 0.4) is 0 Å². The van der Waals surface area contributed by atoms with Crippen molar-refractivity contribution in [2.75, 3.05) is 52.5 Å². The van der Waals surface area contributed by atoms with Crippen molar-refractivity contribution in [3.63, 3.8) is 0 Å². The monoisotopic (exact) mass is 672 g/mol. The van der Waals surface area contributed by atoms with Crippen LogP contribution in [0.15, 0.2) is 24.3 Å². The highest BCUT2D eigenvalue weighted by Gasteiger charge is 2.34. The lowest BCUT2D eigenvalue weighted by atomic mass is 10.1. The predicted octanol–water partition coefficient (Wildman–Crippen LogP) is 1.53. The number of aliphatic carboxylic acids is 1. The van der Waals surface area contributed by atoms with E-state index in [0.29, 0.717) is 31.3 Å². The lowest BCUT2D eigenvalue weighted by Gasteiger charge is -2.35. The van der Waals surface area contributed by atoms with Crippen LogP contribution >= 0.6 is 0 Å². The van der Waals surface area contributed by atoms with E-state index in [0.717, 1.165) is 12.5 Å². The number of nitrogens with one attached hydrogen (secondary N) is 2. The lowest BCUT2D eigenvalue weighted by Crippen LogP contribution is -2.56. The zero-order valence-electron chi connectivity index (χ0n) is 27.0. The number of pyridine rings is 1. The molecule has 48 heavy (non-hydrogen) atoms. The molecule has 260 valence electrons. The lowest BCUT2D eigenvalue weighted by molar-refractivity contribution is -0.140. The van der Waals surface area contributed by atoms with E-state index in [1.807, 2.05) is 6.92 Å². The van der Waals surface area contributed by atoms with Gasteiger partial charge in [-0.3, -0.25) is 24.0 Å². The summed E-state index contributed by atoms with van der Waals surface area (Å²) in [4.78, 5) is 84.7. The Labute approximate surface area is 276 Å². The summed E-state index contributed by atoms with van der Waals surface area (Å²) in [5, 5.41) is 15.0. The van der Waals surface area contributed by atoms with E-state index in [1.165, 1.54) is 32.9 Å². The molecule has 0 bridgehead atoms. The summed E-state index contributed by atoms with van der Waals surface area (Å²) < 4.78 is 25.1. The Morgan fingerprint density at radius 1 is 1.04 bits per heavy atom. The summed E-state index contributed by atoms with van der Waals surface area (Å²) >= 11 is 0. The van der Waals surface area contributed by atoms with E-state index < -0.39 is 60.7 Å². The summed E-state index contributed by atoms with van der Waals surface area (Å²) in [5.41, 5.74) is -0.208. The fraction of sp³-hybridized carbons (Fsp3) is 0.531. The van der Waals surface area contributed by atoms with Gasteiger partial charge in [-0.25, -0.2) is 14.2 Å². The molecule has 2 aliphatic rings. The fourth-order valence-electron chi connectivity index (χ4n) is 5.63. The molecular formula is C32H41FN6O9. The number of carbonyl (C=O) groups excluding carboxylic acids is 5. The number of amides is 5. The third-order valence-electron chi connectivity index (χ3n) is 8.11. The van der Waals surface area contributed by atoms with Gasteiger partial charge in [0.05, 0.1) is 12.1 Å². The molecule has 3 N–H and O–H groups in total. The number of halogens is 1. The Bertz CT molecular complexity index is 1530. The highest BCUT2D eigenvalue weighted by atomic mass is 19.1. The first-order valence-electron chi connectivity index (χ1n) is 16.1. The van der Waals surface area contributed by atoms with Crippen molar-refractivity contribution >= 4 is 46.6 Å². The van der Waals surface area contributed by atoms with Gasteiger partial charge in [0, 0.05) is 63.2 Å². The van der Waals surface area contributed by atoms with E-state index in [4.69, 9.17) is 9.47 Å². The Morgan fingerprint density at radius 2 is 1.77 bits per heavy atom. The summed E-state index contributed by atoms with van der Waals surface area (Å²) in [7, 11) is 0. The molecule has 0 saturated carbocycles. The van der Waals surface area contributed by atoms with Crippen LogP contribution in [0, 0.1) is 5.82 Å². The average molecular weight is 673 g/mol. The summed E-state index contributed by atoms with van der Waals surface area (Å²) in [5.74, 6) is -3.82. The van der Waals surface area contributed by atoms with Gasteiger partial charge in [0.15, 0.2) is 6.61 Å². The molecule has 0 aliphatic carbocycles. The third-order valence-corrected chi connectivity index (χ3v) is 8.11. The SMILES string of the molecule is CCCNC(=O)[C@@H]1CCCN1C(=O)COc1cc(C(=O)N[C@@H](CCC(=O)O)C(=O)N2CCN(C(=O)OCC)CC2)nc2cc(F)ccc12. The van der Waals surface area contributed by atoms with E-state index in [-0.39, 0.29) is 62.1 Å². The Balaban J connectivity index is 1.50. The Morgan fingerprint density at radius 3 is 2.46 bits per heavy atom. The zero-order valence-corrected chi connectivity index (χ0v) is 27.0. The van der Waals surface area contributed by atoms with Crippen molar-refractivity contribution in [1.82, 2.24) is 30.3 Å². The fourth-order valence-corrected chi connectivity index (χ4v) is 5.63. The van der Waals surface area contributed by atoms with Crippen molar-refractivity contribution in [1.29, 1.82) is 0 Å². The number of hydrogen-bond donors (Lipinski definition) is 3. The normalized spacial score (nSPS) is 16.7. The quantitative estimate of drug-likeness (QED) is 0.282. The smallest absolute Gasteiger partial charge is 0.409 e. The van der Waals surface area contributed by atoms with Gasteiger partial charge in [-0.2, -0.15) is 0 Å². The topological polar surface area (TPSA) is 188 Å². The van der Waals surface area contributed by atoms with E-state index >= 15 is 0 Å². The van der Waals surface area contributed by atoms with Crippen molar-refractivity contribution in [3.05, 3.63) is 35.8 Å². The molecule has 15 nitrogen and oxygen atoms in total. The Hall–Kier alpha value is -5.02. The summed E-state index contributed by atoms with van der Waals surface area (Å²) in [6.45, 7) is 4.91. The number of ether oxygens (including phenoxy) is 2. The maximum Gasteiger partial charge on any atom is 0.409 e. The first-order chi connectivity index (χ1) is 23.0. The minimum absolute atomic E-state index is 0.0478. The number of rotatable bonds is 13. The number of carboxylic acids is 1. The van der Waals surface area contributed by atoms with Gasteiger partial charge in [-0.15, -0.1) is 0 Å². The second-order valence-corrected chi connectivity index (χ2v) is 11.5. The molecule has 1 aromatic heterocycles. The van der Waals surface area contributed by atoms with Gasteiger partial charge in [0.25, 0.3) is 11.8 Å². The number of carbonyl (C=O) groups is 6. The van der Waals surface area contributed by atoms with Crippen LogP contribution in [0.4, 0.5) is 9.18 Å². The molecule has 16 heteroatoms. The third kappa shape index (κ3) is 9.07. The number of fused-ring (bicyclic) bond motifs is 1. The molecule has 0 radical (unpaired) electrons.